The molecule has 0 spiro atoms. The van der Waals surface area contributed by atoms with Gasteiger partial charge in [-0.25, -0.2) is 0 Å². The lowest BCUT2D eigenvalue weighted by Gasteiger charge is -2.30. The lowest BCUT2D eigenvalue weighted by Crippen LogP contribution is -2.41. The average molecular weight is 408 g/mol. The van der Waals surface area contributed by atoms with Crippen molar-refractivity contribution in [2.45, 2.75) is 12.8 Å². The molecule has 0 aliphatic carbocycles. The van der Waals surface area contributed by atoms with Crippen molar-refractivity contribution < 1.29 is 18.8 Å². The number of ether oxygens (including phenoxy) is 2. The summed E-state index contributed by atoms with van der Waals surface area (Å²) in [5.41, 5.74) is 1.59. The molecule has 8 nitrogen and oxygen atoms in total. The summed E-state index contributed by atoms with van der Waals surface area (Å²) in [6, 6.07) is 15.2. The molecule has 0 radical (unpaired) electrons. The number of carbonyl (C=O) groups excluding carboxylic acids is 1. The van der Waals surface area contributed by atoms with Gasteiger partial charge in [-0.1, -0.05) is 5.16 Å². The Balaban J connectivity index is 1.40. The Morgan fingerprint density at radius 1 is 1.07 bits per heavy atom. The number of benzene rings is 2. The number of aromatic nitrogens is 2. The predicted octanol–water partition coefficient (Wildman–Crippen LogP) is 3.61. The highest BCUT2D eigenvalue weighted by atomic mass is 16.5. The van der Waals surface area contributed by atoms with Crippen molar-refractivity contribution in [3.8, 4) is 22.9 Å². The lowest BCUT2D eigenvalue weighted by molar-refractivity contribution is -0.120. The minimum atomic E-state index is -0.155. The topological polar surface area (TPSA) is 89.7 Å². The maximum Gasteiger partial charge on any atom is 0.324 e. The molecule has 1 saturated heterocycles. The Labute approximate surface area is 174 Å². The van der Waals surface area contributed by atoms with Crippen LogP contribution in [-0.4, -0.2) is 43.4 Å². The summed E-state index contributed by atoms with van der Waals surface area (Å²) in [6.45, 7) is 1.31. The van der Waals surface area contributed by atoms with Gasteiger partial charge >= 0.3 is 6.01 Å². The first kappa shape index (κ1) is 19.8. The second-order valence-electron chi connectivity index (χ2n) is 7.13. The van der Waals surface area contributed by atoms with E-state index in [4.69, 9.17) is 14.0 Å². The first-order chi connectivity index (χ1) is 14.7. The number of hydrogen-bond donors (Lipinski definition) is 1. The Morgan fingerprint density at radius 3 is 2.40 bits per heavy atom. The smallest absolute Gasteiger partial charge is 0.324 e. The molecule has 1 N–H and O–H groups in total. The molecule has 2 heterocycles. The van der Waals surface area contributed by atoms with Gasteiger partial charge in [0, 0.05) is 24.3 Å². The van der Waals surface area contributed by atoms with E-state index in [-0.39, 0.29) is 11.8 Å². The van der Waals surface area contributed by atoms with Crippen molar-refractivity contribution in [3.05, 3.63) is 48.5 Å². The van der Waals surface area contributed by atoms with E-state index in [9.17, 15) is 4.79 Å². The van der Waals surface area contributed by atoms with Crippen LogP contribution in [0, 0.1) is 5.92 Å². The summed E-state index contributed by atoms with van der Waals surface area (Å²) in [5, 5.41) is 7.07. The SMILES string of the molecule is COc1ccc(NC(=O)[C@H]2CCCN(c3nc(-c4ccc(OC)cc4)no3)C2)cc1. The van der Waals surface area contributed by atoms with Gasteiger partial charge in [-0.05, 0) is 61.4 Å². The van der Waals surface area contributed by atoms with Crippen LogP contribution >= 0.6 is 0 Å². The molecule has 1 aromatic heterocycles. The number of nitrogens with one attached hydrogen (secondary N) is 1. The normalized spacial score (nSPS) is 16.2. The quantitative estimate of drug-likeness (QED) is 0.666. The zero-order valence-corrected chi connectivity index (χ0v) is 17.0. The standard InChI is InChI=1S/C22H24N4O4/c1-28-18-9-5-15(6-10-18)20-24-22(30-25-20)26-13-3-4-16(14-26)21(27)23-17-7-11-19(29-2)12-8-17/h5-12,16H,3-4,13-14H2,1-2H3,(H,23,27)/t16-/m0/s1. The highest BCUT2D eigenvalue weighted by molar-refractivity contribution is 5.93. The van der Waals surface area contributed by atoms with Gasteiger partial charge in [0.05, 0.1) is 20.1 Å². The number of carbonyl (C=O) groups is 1. The van der Waals surface area contributed by atoms with E-state index in [1.807, 2.05) is 53.4 Å². The summed E-state index contributed by atoms with van der Waals surface area (Å²) in [4.78, 5) is 19.2. The summed E-state index contributed by atoms with van der Waals surface area (Å²) in [6.07, 6.45) is 1.69. The highest BCUT2D eigenvalue weighted by Gasteiger charge is 2.28. The van der Waals surface area contributed by atoms with Crippen LogP contribution in [0.1, 0.15) is 12.8 Å². The molecule has 2 aromatic carbocycles. The van der Waals surface area contributed by atoms with E-state index in [0.717, 1.165) is 42.1 Å². The van der Waals surface area contributed by atoms with Crippen LogP contribution < -0.4 is 19.7 Å². The Kier molecular flexibility index (Phi) is 5.83. The third-order valence-electron chi connectivity index (χ3n) is 5.18. The molecule has 1 aliphatic heterocycles. The number of methoxy groups -OCH3 is 2. The second kappa shape index (κ2) is 8.86. The number of amides is 1. The van der Waals surface area contributed by atoms with Crippen molar-refractivity contribution in [3.63, 3.8) is 0 Å². The van der Waals surface area contributed by atoms with Crippen molar-refractivity contribution in [2.24, 2.45) is 5.92 Å². The van der Waals surface area contributed by atoms with Crippen LogP contribution in [0.2, 0.25) is 0 Å². The maximum atomic E-state index is 12.7. The zero-order chi connectivity index (χ0) is 20.9. The molecule has 0 bridgehead atoms. The van der Waals surface area contributed by atoms with Gasteiger partial charge in [0.25, 0.3) is 0 Å². The van der Waals surface area contributed by atoms with Gasteiger partial charge in [0.1, 0.15) is 11.5 Å². The molecule has 0 saturated carbocycles. The van der Waals surface area contributed by atoms with Crippen molar-refractivity contribution >= 4 is 17.6 Å². The highest BCUT2D eigenvalue weighted by Crippen LogP contribution is 2.26. The molecule has 1 aliphatic rings. The van der Waals surface area contributed by atoms with E-state index >= 15 is 0 Å². The van der Waals surface area contributed by atoms with Gasteiger partial charge in [-0.15, -0.1) is 0 Å². The van der Waals surface area contributed by atoms with E-state index in [0.29, 0.717) is 18.4 Å². The molecule has 1 fully saturated rings. The van der Waals surface area contributed by atoms with Gasteiger partial charge in [-0.3, -0.25) is 4.79 Å². The average Bonchev–Trinajstić information content (AvgIpc) is 3.30. The zero-order valence-electron chi connectivity index (χ0n) is 17.0. The Bertz CT molecular complexity index is 985. The molecule has 3 aromatic rings. The van der Waals surface area contributed by atoms with Crippen LogP contribution in [0.15, 0.2) is 53.1 Å². The van der Waals surface area contributed by atoms with E-state index in [1.165, 1.54) is 0 Å². The van der Waals surface area contributed by atoms with Crippen molar-refractivity contribution in [1.29, 1.82) is 0 Å². The van der Waals surface area contributed by atoms with Gasteiger partial charge in [-0.2, -0.15) is 4.98 Å². The van der Waals surface area contributed by atoms with Crippen LogP contribution in [0.25, 0.3) is 11.4 Å². The number of rotatable bonds is 6. The Hall–Kier alpha value is -3.55. The molecule has 1 amide bonds. The van der Waals surface area contributed by atoms with Crippen LogP contribution in [0.4, 0.5) is 11.7 Å². The molecule has 8 heteroatoms. The lowest BCUT2D eigenvalue weighted by atomic mass is 9.97. The van der Waals surface area contributed by atoms with E-state index in [1.54, 1.807) is 14.2 Å². The third kappa shape index (κ3) is 4.37. The first-order valence-electron chi connectivity index (χ1n) is 9.84. The maximum absolute atomic E-state index is 12.7. The fourth-order valence-electron chi connectivity index (χ4n) is 3.48. The number of hydrogen-bond acceptors (Lipinski definition) is 7. The monoisotopic (exact) mass is 408 g/mol. The largest absolute Gasteiger partial charge is 0.497 e. The molecule has 0 unspecified atom stereocenters. The van der Waals surface area contributed by atoms with E-state index in [2.05, 4.69) is 15.5 Å². The Morgan fingerprint density at radius 2 is 1.73 bits per heavy atom. The van der Waals surface area contributed by atoms with E-state index < -0.39 is 0 Å². The summed E-state index contributed by atoms with van der Waals surface area (Å²) in [7, 11) is 3.24. The third-order valence-corrected chi connectivity index (χ3v) is 5.18. The summed E-state index contributed by atoms with van der Waals surface area (Å²) < 4.78 is 15.8. The summed E-state index contributed by atoms with van der Waals surface area (Å²) >= 11 is 0. The molecule has 156 valence electrons. The minimum absolute atomic E-state index is 0.0141. The van der Waals surface area contributed by atoms with Crippen molar-refractivity contribution in [1.82, 2.24) is 10.1 Å². The fourth-order valence-corrected chi connectivity index (χ4v) is 3.48. The number of piperidine rings is 1. The van der Waals surface area contributed by atoms with Gasteiger partial charge in [0.2, 0.25) is 11.7 Å². The number of anilines is 2. The fraction of sp³-hybridized carbons (Fsp3) is 0.318. The van der Waals surface area contributed by atoms with Crippen LogP contribution in [0.5, 0.6) is 11.5 Å². The summed E-state index contributed by atoms with van der Waals surface area (Å²) in [5.74, 6) is 1.86. The number of nitrogens with zero attached hydrogens (tertiary/aromatic N) is 3. The minimum Gasteiger partial charge on any atom is -0.497 e. The first-order valence-corrected chi connectivity index (χ1v) is 9.84. The van der Waals surface area contributed by atoms with Crippen LogP contribution in [-0.2, 0) is 4.79 Å². The van der Waals surface area contributed by atoms with Crippen molar-refractivity contribution in [2.75, 3.05) is 37.5 Å². The van der Waals surface area contributed by atoms with Gasteiger partial charge in [0.15, 0.2) is 0 Å². The second-order valence-corrected chi connectivity index (χ2v) is 7.13. The molecule has 4 rings (SSSR count). The molecule has 1 atom stereocenters. The molecular formula is C22H24N4O4. The van der Waals surface area contributed by atoms with Crippen LogP contribution in [0.3, 0.4) is 0 Å². The molecular weight excluding hydrogens is 384 g/mol. The molecule has 30 heavy (non-hydrogen) atoms. The van der Waals surface area contributed by atoms with Gasteiger partial charge < -0.3 is 24.2 Å². The predicted molar refractivity (Wildman–Crippen MR) is 113 cm³/mol.